The minimum atomic E-state index is -5.33. The molecule has 0 aliphatic heterocycles. The van der Waals surface area contributed by atoms with Crippen molar-refractivity contribution in [2.45, 2.75) is 43.8 Å². The zero-order chi connectivity index (χ0) is 14.7. The van der Waals surface area contributed by atoms with Crippen molar-refractivity contribution >= 4 is 15.9 Å². The Morgan fingerprint density at radius 3 is 1.95 bits per heavy atom. The van der Waals surface area contributed by atoms with Crippen LogP contribution in [0.3, 0.4) is 0 Å². The van der Waals surface area contributed by atoms with Crippen LogP contribution in [0, 0.1) is 29.6 Å². The second-order valence-corrected chi connectivity index (χ2v) is 8.12. The van der Waals surface area contributed by atoms with Gasteiger partial charge in [-0.15, -0.1) is 0 Å². The van der Waals surface area contributed by atoms with Crippen LogP contribution in [0.5, 0.6) is 0 Å². The van der Waals surface area contributed by atoms with E-state index in [4.69, 9.17) is 4.55 Å². The molecule has 4 nitrogen and oxygen atoms in total. The summed E-state index contributed by atoms with van der Waals surface area (Å²) in [5.74, 6) is 1.17. The molecular weight excluding hydrogens is 290 g/mol. The molecule has 7 heteroatoms. The highest BCUT2D eigenvalue weighted by Gasteiger charge is 2.53. The van der Waals surface area contributed by atoms with Crippen LogP contribution >= 0.6 is 0 Å². The van der Waals surface area contributed by atoms with Gasteiger partial charge in [0.2, 0.25) is 0 Å². The molecule has 4 bridgehead atoms. The van der Waals surface area contributed by atoms with Crippen LogP contribution in [0.15, 0.2) is 0 Å². The second-order valence-electron chi connectivity index (χ2n) is 6.57. The molecule has 0 amide bonds. The van der Waals surface area contributed by atoms with Crippen LogP contribution in [-0.4, -0.2) is 24.0 Å². The number of alkyl halides is 2. The molecule has 20 heavy (non-hydrogen) atoms. The molecule has 0 unspecified atom stereocenters. The lowest BCUT2D eigenvalue weighted by Gasteiger charge is -2.53. The topological polar surface area (TPSA) is 71.4 Å². The highest BCUT2D eigenvalue weighted by atomic mass is 32.2. The van der Waals surface area contributed by atoms with Crippen molar-refractivity contribution in [2.75, 3.05) is 0 Å². The van der Waals surface area contributed by atoms with Crippen LogP contribution in [0.2, 0.25) is 0 Å². The molecular formula is C13H18F2O4S. The molecule has 114 valence electrons. The number of carbonyl (C=O) groups is 1. The first-order chi connectivity index (χ1) is 9.19. The Bertz CT molecular complexity index is 496. The second kappa shape index (κ2) is 4.47. The van der Waals surface area contributed by atoms with Gasteiger partial charge in [-0.25, -0.2) is 0 Å². The van der Waals surface area contributed by atoms with E-state index < -0.39 is 21.8 Å². The van der Waals surface area contributed by atoms with Crippen molar-refractivity contribution in [3.8, 4) is 0 Å². The Morgan fingerprint density at radius 1 is 1.10 bits per heavy atom. The summed E-state index contributed by atoms with van der Waals surface area (Å²) in [5, 5.41) is -4.06. The number of halogens is 2. The predicted octanol–water partition coefficient (Wildman–Crippen LogP) is 2.50. The van der Waals surface area contributed by atoms with Gasteiger partial charge >= 0.3 is 15.4 Å². The molecule has 1 N–H and O–H groups in total. The van der Waals surface area contributed by atoms with Crippen LogP contribution in [0.25, 0.3) is 0 Å². The lowest BCUT2D eigenvalue weighted by Crippen LogP contribution is -2.50. The van der Waals surface area contributed by atoms with Crippen molar-refractivity contribution < 1.29 is 26.5 Å². The van der Waals surface area contributed by atoms with E-state index in [-0.39, 0.29) is 36.0 Å². The minimum absolute atomic E-state index is 0.0724. The summed E-state index contributed by atoms with van der Waals surface area (Å²) in [4.78, 5) is 11.9. The molecule has 0 atom stereocenters. The number of hydrogen-bond acceptors (Lipinski definition) is 3. The summed E-state index contributed by atoms with van der Waals surface area (Å²) in [6.07, 6.45) is 2.37. The highest BCUT2D eigenvalue weighted by molar-refractivity contribution is 7.86. The summed E-state index contributed by atoms with van der Waals surface area (Å²) in [7, 11) is -5.33. The minimum Gasteiger partial charge on any atom is -0.299 e. The Morgan fingerprint density at radius 2 is 1.55 bits per heavy atom. The molecule has 0 aromatic heterocycles. The standard InChI is InChI=1S/C13H18F2O4S/c14-13(15,20(17,18)19)2-1-11-7-3-9-5-8(11)6-10(4-7)12(9)16/h7-11H,1-6H2,(H,17,18,19). The lowest BCUT2D eigenvalue weighted by atomic mass is 9.50. The number of rotatable bonds is 4. The molecule has 4 aliphatic carbocycles. The SMILES string of the molecule is O=C1C2CC3CC1CC(C2)C3CCC(F)(F)S(=O)(=O)O. The van der Waals surface area contributed by atoms with Crippen molar-refractivity contribution in [3.05, 3.63) is 0 Å². The fraction of sp³-hybridized carbons (Fsp3) is 0.923. The van der Waals surface area contributed by atoms with Gasteiger partial charge in [0.05, 0.1) is 0 Å². The van der Waals surface area contributed by atoms with Gasteiger partial charge in [0, 0.05) is 18.3 Å². The third-order valence-corrected chi connectivity index (χ3v) is 6.47. The van der Waals surface area contributed by atoms with E-state index in [0.717, 1.165) is 25.7 Å². The van der Waals surface area contributed by atoms with Crippen LogP contribution in [-0.2, 0) is 14.9 Å². The van der Waals surface area contributed by atoms with Gasteiger partial charge in [-0.1, -0.05) is 0 Å². The zero-order valence-corrected chi connectivity index (χ0v) is 11.8. The molecule has 0 radical (unpaired) electrons. The largest absolute Gasteiger partial charge is 0.370 e. The maximum atomic E-state index is 13.3. The first-order valence-electron chi connectivity index (χ1n) is 7.07. The molecule has 0 spiro atoms. The van der Waals surface area contributed by atoms with E-state index in [1.807, 2.05) is 0 Å². The normalized spacial score (nSPS) is 40.4. The van der Waals surface area contributed by atoms with Gasteiger partial charge in [-0.05, 0) is 49.9 Å². The smallest absolute Gasteiger partial charge is 0.299 e. The zero-order valence-electron chi connectivity index (χ0n) is 11.0. The first-order valence-corrected chi connectivity index (χ1v) is 8.51. The van der Waals surface area contributed by atoms with Gasteiger partial charge in [-0.2, -0.15) is 17.2 Å². The number of hydrogen-bond donors (Lipinski definition) is 1. The van der Waals surface area contributed by atoms with E-state index >= 15 is 0 Å². The maximum Gasteiger partial charge on any atom is 0.370 e. The van der Waals surface area contributed by atoms with Gasteiger partial charge in [0.1, 0.15) is 5.78 Å². The molecule has 4 saturated carbocycles. The van der Waals surface area contributed by atoms with Gasteiger partial charge in [0.25, 0.3) is 0 Å². The van der Waals surface area contributed by atoms with Gasteiger partial charge < -0.3 is 0 Å². The fourth-order valence-corrected chi connectivity index (χ4v) is 5.04. The molecule has 0 aromatic rings. The van der Waals surface area contributed by atoms with Gasteiger partial charge in [0.15, 0.2) is 0 Å². The molecule has 4 aliphatic rings. The Balaban J connectivity index is 1.67. The number of Topliss-reactive ketones (excluding diaryl/α,β-unsaturated/α-hetero) is 1. The van der Waals surface area contributed by atoms with Crippen molar-refractivity contribution in [3.63, 3.8) is 0 Å². The van der Waals surface area contributed by atoms with Crippen molar-refractivity contribution in [2.24, 2.45) is 29.6 Å². The maximum absolute atomic E-state index is 13.3. The van der Waals surface area contributed by atoms with Crippen molar-refractivity contribution in [1.82, 2.24) is 0 Å². The molecule has 4 fully saturated rings. The van der Waals surface area contributed by atoms with E-state index in [2.05, 4.69) is 0 Å². The summed E-state index contributed by atoms with van der Waals surface area (Å²) in [6.45, 7) is 0. The molecule has 0 heterocycles. The first kappa shape index (κ1) is 14.4. The third-order valence-electron chi connectivity index (χ3n) is 5.51. The van der Waals surface area contributed by atoms with Crippen LogP contribution < -0.4 is 0 Å². The quantitative estimate of drug-likeness (QED) is 0.810. The van der Waals surface area contributed by atoms with E-state index in [1.165, 1.54) is 0 Å². The lowest BCUT2D eigenvalue weighted by molar-refractivity contribution is -0.145. The molecule has 0 aromatic carbocycles. The summed E-state index contributed by atoms with van der Waals surface area (Å²) < 4.78 is 56.4. The van der Waals surface area contributed by atoms with E-state index in [9.17, 15) is 22.0 Å². The monoisotopic (exact) mass is 308 g/mol. The Kier molecular flexibility index (Phi) is 3.21. The van der Waals surface area contributed by atoms with Crippen LogP contribution in [0.4, 0.5) is 8.78 Å². The average Bonchev–Trinajstić information content (AvgIpc) is 2.31. The Hall–Kier alpha value is -0.560. The Labute approximate surface area is 116 Å². The van der Waals surface area contributed by atoms with Gasteiger partial charge in [-0.3, -0.25) is 9.35 Å². The third kappa shape index (κ3) is 2.19. The molecule has 4 rings (SSSR count). The average molecular weight is 308 g/mol. The summed E-state index contributed by atoms with van der Waals surface area (Å²) in [5.41, 5.74) is 0. The number of ketones is 1. The number of carbonyl (C=O) groups excluding carboxylic acids is 1. The summed E-state index contributed by atoms with van der Waals surface area (Å²) in [6, 6.07) is 0. The van der Waals surface area contributed by atoms with Crippen LogP contribution in [0.1, 0.15) is 38.5 Å². The fourth-order valence-electron chi connectivity index (χ4n) is 4.66. The predicted molar refractivity (Wildman–Crippen MR) is 66.7 cm³/mol. The van der Waals surface area contributed by atoms with Crippen molar-refractivity contribution in [1.29, 1.82) is 0 Å². The molecule has 0 saturated heterocycles. The van der Waals surface area contributed by atoms with E-state index in [0.29, 0.717) is 5.78 Å². The summed E-state index contributed by atoms with van der Waals surface area (Å²) >= 11 is 0. The van der Waals surface area contributed by atoms with E-state index in [1.54, 1.807) is 0 Å². The highest BCUT2D eigenvalue weighted by Crippen LogP contribution is 2.56.